The number of aromatic hydroxyl groups is 1. The van der Waals surface area contributed by atoms with Gasteiger partial charge in [-0.2, -0.15) is 0 Å². The van der Waals surface area contributed by atoms with Crippen molar-refractivity contribution in [2.45, 2.75) is 32.6 Å². The highest BCUT2D eigenvalue weighted by molar-refractivity contribution is 9.10. The number of hydrogen-bond donors (Lipinski definition) is 1. The highest BCUT2D eigenvalue weighted by Crippen LogP contribution is 2.65. The van der Waals surface area contributed by atoms with E-state index in [1.165, 1.54) is 16.9 Å². The monoisotopic (exact) mass is 688 g/mol. The van der Waals surface area contributed by atoms with Gasteiger partial charge in [-0.05, 0) is 74.6 Å². The van der Waals surface area contributed by atoms with Crippen LogP contribution in [-0.2, 0) is 19.2 Å². The summed E-state index contributed by atoms with van der Waals surface area (Å²) in [7, 11) is 1.44. The molecule has 1 saturated carbocycles. The van der Waals surface area contributed by atoms with Gasteiger partial charge in [0.05, 0.1) is 41.7 Å². The van der Waals surface area contributed by atoms with Crippen LogP contribution in [0.25, 0.3) is 0 Å². The summed E-state index contributed by atoms with van der Waals surface area (Å²) in [5.41, 5.74) is 1.59. The van der Waals surface area contributed by atoms with E-state index in [-0.39, 0.29) is 48.0 Å². The number of para-hydroxylation sites is 1. The minimum atomic E-state index is -1.29. The summed E-state index contributed by atoms with van der Waals surface area (Å²) in [6.07, 6.45) is 2.44. The Morgan fingerprint density at radius 3 is 2.36 bits per heavy atom. The van der Waals surface area contributed by atoms with Gasteiger partial charge in [-0.1, -0.05) is 63.4 Å². The number of carbonyl (C=O) groups excluding carboxylic acids is 4. The molecule has 2 heterocycles. The smallest absolute Gasteiger partial charge is 0.241 e. The molecule has 3 fully saturated rings. The van der Waals surface area contributed by atoms with Gasteiger partial charge in [0.2, 0.25) is 23.6 Å². The molecule has 6 atom stereocenters. The number of phenolic OH excluding ortho intramolecular Hbond substituents is 1. The van der Waals surface area contributed by atoms with Crippen LogP contribution in [0.4, 0.5) is 11.4 Å². The van der Waals surface area contributed by atoms with Crippen molar-refractivity contribution in [3.8, 4) is 11.5 Å². The fraction of sp³-hybridized carbons (Fsp3) is 0.314. The van der Waals surface area contributed by atoms with Crippen LogP contribution in [0.5, 0.6) is 11.5 Å². The van der Waals surface area contributed by atoms with E-state index < -0.39 is 35.0 Å². The molecule has 2 aliphatic carbocycles. The van der Waals surface area contributed by atoms with Gasteiger partial charge < -0.3 is 9.84 Å². The maximum Gasteiger partial charge on any atom is 0.241 e. The number of allylic oxidation sites excluding steroid dienone is 2. The number of carbonyl (C=O) groups is 4. The Morgan fingerprint density at radius 1 is 0.933 bits per heavy atom. The summed E-state index contributed by atoms with van der Waals surface area (Å²) in [4.78, 5) is 59.4. The van der Waals surface area contributed by atoms with Gasteiger partial charge >= 0.3 is 0 Å². The van der Waals surface area contributed by atoms with Crippen LogP contribution in [0, 0.1) is 36.0 Å². The quantitative estimate of drug-likeness (QED) is 0.246. The molecule has 10 heteroatoms. The molecule has 4 amide bonds. The third kappa shape index (κ3) is 4.16. The number of anilines is 2. The lowest BCUT2D eigenvalue weighted by Crippen LogP contribution is -2.49. The first-order valence-electron chi connectivity index (χ1n) is 14.8. The van der Waals surface area contributed by atoms with E-state index in [1.54, 1.807) is 61.5 Å². The van der Waals surface area contributed by atoms with E-state index in [0.29, 0.717) is 26.4 Å². The molecule has 2 saturated heterocycles. The van der Waals surface area contributed by atoms with Crippen LogP contribution in [0.2, 0.25) is 5.02 Å². The van der Waals surface area contributed by atoms with E-state index in [9.17, 15) is 24.3 Å². The maximum atomic E-state index is 14.5. The van der Waals surface area contributed by atoms with Gasteiger partial charge in [-0.3, -0.25) is 19.2 Å². The number of fused-ring (bicyclic) bond motifs is 4. The number of benzene rings is 3. The fourth-order valence-electron chi connectivity index (χ4n) is 8.13. The van der Waals surface area contributed by atoms with Crippen LogP contribution < -0.4 is 14.5 Å². The van der Waals surface area contributed by atoms with Gasteiger partial charge in [0.1, 0.15) is 0 Å². The number of ether oxygens (including phenoxy) is 1. The highest BCUT2D eigenvalue weighted by atomic mass is 79.9. The van der Waals surface area contributed by atoms with Gasteiger partial charge in [0, 0.05) is 21.0 Å². The van der Waals surface area contributed by atoms with Crippen molar-refractivity contribution in [3.05, 3.63) is 92.9 Å². The Balaban J connectivity index is 1.40. The van der Waals surface area contributed by atoms with Crippen LogP contribution in [-0.4, -0.2) is 35.8 Å². The first-order chi connectivity index (χ1) is 21.5. The number of methoxy groups -OCH3 is 1. The number of rotatable bonds is 4. The lowest BCUT2D eigenvalue weighted by atomic mass is 9.51. The fourth-order valence-corrected chi connectivity index (χ4v) is 8.76. The molecule has 3 aromatic carbocycles. The van der Waals surface area contributed by atoms with Crippen molar-refractivity contribution in [1.29, 1.82) is 0 Å². The number of nitrogens with zero attached hydrogens (tertiary/aromatic N) is 2. The van der Waals surface area contributed by atoms with E-state index in [1.807, 2.05) is 19.1 Å². The van der Waals surface area contributed by atoms with Crippen molar-refractivity contribution < 1.29 is 29.0 Å². The van der Waals surface area contributed by atoms with E-state index in [2.05, 4.69) is 15.9 Å². The molecular weight excluding hydrogens is 660 g/mol. The standard InChI is InChI=1S/C35H30BrClN2O6/c1-17-9-10-20(15-26(17)37)38-31(41)22-12-11-21-23(28(22)33(38)43)16-25-32(42)39(19-7-5-4-6-8-19)34(44)35(25,2)29(21)24-13-18(36)14-27(45-3)30(24)40/h4-11,13-15,22-23,25,28-29,40H,12,16H2,1-3H3. The third-order valence-corrected chi connectivity index (χ3v) is 11.2. The van der Waals surface area contributed by atoms with Crippen LogP contribution in [0.1, 0.15) is 36.8 Å². The van der Waals surface area contributed by atoms with Crippen molar-refractivity contribution in [1.82, 2.24) is 0 Å². The van der Waals surface area contributed by atoms with Crippen molar-refractivity contribution >= 4 is 62.5 Å². The molecule has 6 unspecified atom stereocenters. The molecule has 8 nitrogen and oxygen atoms in total. The number of phenols is 1. The zero-order valence-electron chi connectivity index (χ0n) is 24.8. The average Bonchev–Trinajstić information content (AvgIpc) is 3.39. The van der Waals surface area contributed by atoms with E-state index >= 15 is 0 Å². The first-order valence-corrected chi connectivity index (χ1v) is 16.0. The molecule has 4 aliphatic rings. The Morgan fingerprint density at radius 2 is 1.67 bits per heavy atom. The van der Waals surface area contributed by atoms with Crippen molar-refractivity contribution in [2.24, 2.45) is 29.1 Å². The lowest BCUT2D eigenvalue weighted by molar-refractivity contribution is -0.131. The number of amides is 4. The molecule has 3 aromatic rings. The first kappa shape index (κ1) is 29.7. The normalized spacial score (nSPS) is 29.0. The molecule has 0 aromatic heterocycles. The Labute approximate surface area is 273 Å². The van der Waals surface area contributed by atoms with Gasteiger partial charge in [0.25, 0.3) is 0 Å². The summed E-state index contributed by atoms with van der Waals surface area (Å²) in [5.74, 6) is -4.80. The molecule has 230 valence electrons. The summed E-state index contributed by atoms with van der Waals surface area (Å²) in [5, 5.41) is 12.0. The molecular formula is C35H30BrClN2O6. The molecule has 7 rings (SSSR count). The topological polar surface area (TPSA) is 104 Å². The zero-order chi connectivity index (χ0) is 31.9. The Kier molecular flexibility index (Phi) is 6.98. The maximum absolute atomic E-state index is 14.5. The van der Waals surface area contributed by atoms with Crippen molar-refractivity contribution in [3.63, 3.8) is 0 Å². The summed E-state index contributed by atoms with van der Waals surface area (Å²) >= 11 is 9.92. The van der Waals surface area contributed by atoms with Crippen LogP contribution in [0.3, 0.4) is 0 Å². The summed E-state index contributed by atoms with van der Waals surface area (Å²) in [6.45, 7) is 3.63. The summed E-state index contributed by atoms with van der Waals surface area (Å²) in [6, 6.07) is 17.3. The molecule has 2 aliphatic heterocycles. The minimum absolute atomic E-state index is 0.141. The third-order valence-electron chi connectivity index (χ3n) is 10.3. The molecule has 1 N–H and O–H groups in total. The van der Waals surface area contributed by atoms with Gasteiger partial charge in [0.15, 0.2) is 11.5 Å². The van der Waals surface area contributed by atoms with Gasteiger partial charge in [-0.15, -0.1) is 0 Å². The number of imide groups is 2. The molecule has 0 bridgehead atoms. The minimum Gasteiger partial charge on any atom is -0.504 e. The van der Waals surface area contributed by atoms with E-state index in [4.69, 9.17) is 16.3 Å². The zero-order valence-corrected chi connectivity index (χ0v) is 27.1. The predicted molar refractivity (Wildman–Crippen MR) is 172 cm³/mol. The molecule has 0 spiro atoms. The SMILES string of the molecule is COc1cc(Br)cc(C2C3=CCC4C(=O)N(c5ccc(C)c(Cl)c5)C(=O)C4C3CC3C(=O)N(c4ccccc4)C(=O)C32C)c1O. The number of aryl methyl sites for hydroxylation is 1. The molecule has 0 radical (unpaired) electrons. The molecule has 45 heavy (non-hydrogen) atoms. The second-order valence-corrected chi connectivity index (χ2v) is 13.8. The second-order valence-electron chi connectivity index (χ2n) is 12.5. The highest BCUT2D eigenvalue weighted by Gasteiger charge is 2.68. The number of hydrogen-bond acceptors (Lipinski definition) is 6. The van der Waals surface area contributed by atoms with Gasteiger partial charge in [-0.25, -0.2) is 9.80 Å². The Hall–Kier alpha value is -3.95. The Bertz CT molecular complexity index is 1840. The average molecular weight is 690 g/mol. The van der Waals surface area contributed by atoms with Crippen LogP contribution >= 0.6 is 27.5 Å². The predicted octanol–water partition coefficient (Wildman–Crippen LogP) is 6.56. The second kappa shape index (κ2) is 10.6. The van der Waals surface area contributed by atoms with Crippen LogP contribution in [0.15, 0.2) is 76.8 Å². The number of halogens is 2. The van der Waals surface area contributed by atoms with Crippen molar-refractivity contribution in [2.75, 3.05) is 16.9 Å². The summed E-state index contributed by atoms with van der Waals surface area (Å²) < 4.78 is 6.10. The lowest BCUT2D eigenvalue weighted by Gasteiger charge is -2.49. The van der Waals surface area contributed by atoms with E-state index in [0.717, 1.165) is 11.1 Å². The largest absolute Gasteiger partial charge is 0.504 e.